The molecule has 1 aromatic carbocycles. The van der Waals surface area contributed by atoms with Crippen molar-refractivity contribution in [2.75, 3.05) is 25.0 Å². The maximum absolute atomic E-state index is 12.1. The first kappa shape index (κ1) is 14.6. The highest BCUT2D eigenvalue weighted by Gasteiger charge is 2.20. The summed E-state index contributed by atoms with van der Waals surface area (Å²) in [4.78, 5) is 12.1. The molecule has 4 heteroatoms. The zero-order valence-corrected chi connectivity index (χ0v) is 11.9. The minimum absolute atomic E-state index is 0.0723. The molecule has 1 aliphatic heterocycles. The Labute approximate surface area is 120 Å². The highest BCUT2D eigenvalue weighted by molar-refractivity contribution is 5.92. The molecule has 0 saturated carbocycles. The van der Waals surface area contributed by atoms with Gasteiger partial charge < -0.3 is 15.4 Å². The molecule has 1 aliphatic rings. The monoisotopic (exact) mass is 274 g/mol. The van der Waals surface area contributed by atoms with Crippen LogP contribution in [0.25, 0.3) is 0 Å². The summed E-state index contributed by atoms with van der Waals surface area (Å²) in [6, 6.07) is 7.44. The van der Waals surface area contributed by atoms with Crippen molar-refractivity contribution in [1.29, 1.82) is 0 Å². The first-order valence-corrected chi connectivity index (χ1v) is 7.04. The summed E-state index contributed by atoms with van der Waals surface area (Å²) in [6.07, 6.45) is 2.02. The second-order valence-electron chi connectivity index (χ2n) is 5.30. The van der Waals surface area contributed by atoms with Crippen molar-refractivity contribution in [2.45, 2.75) is 19.8 Å². The minimum atomic E-state index is 0.0723. The van der Waals surface area contributed by atoms with Gasteiger partial charge in [-0.15, -0.1) is 0 Å². The lowest BCUT2D eigenvalue weighted by atomic mass is 9.99. The fourth-order valence-corrected chi connectivity index (χ4v) is 2.16. The molecule has 0 aromatic heterocycles. The van der Waals surface area contributed by atoms with Gasteiger partial charge in [0.1, 0.15) is 12.4 Å². The maximum atomic E-state index is 12.1. The largest absolute Gasteiger partial charge is 0.489 e. The summed E-state index contributed by atoms with van der Waals surface area (Å²) in [5.74, 6) is 0.946. The fourth-order valence-electron chi connectivity index (χ4n) is 2.16. The number of carbonyl (C=O) groups excluding carboxylic acids is 1. The van der Waals surface area contributed by atoms with Gasteiger partial charge in [-0.3, -0.25) is 4.79 Å². The van der Waals surface area contributed by atoms with Crippen LogP contribution < -0.4 is 15.4 Å². The van der Waals surface area contributed by atoms with E-state index in [1.807, 2.05) is 31.2 Å². The van der Waals surface area contributed by atoms with Gasteiger partial charge in [0.15, 0.2) is 0 Å². The van der Waals surface area contributed by atoms with Crippen molar-refractivity contribution in [3.63, 3.8) is 0 Å². The van der Waals surface area contributed by atoms with E-state index < -0.39 is 0 Å². The summed E-state index contributed by atoms with van der Waals surface area (Å²) in [5.41, 5.74) is 1.79. The van der Waals surface area contributed by atoms with Crippen LogP contribution in [0, 0.1) is 5.92 Å². The topological polar surface area (TPSA) is 50.4 Å². The van der Waals surface area contributed by atoms with Crippen molar-refractivity contribution in [3.8, 4) is 5.75 Å². The summed E-state index contributed by atoms with van der Waals surface area (Å²) in [7, 11) is 0. The Hall–Kier alpha value is -1.81. The van der Waals surface area contributed by atoms with Crippen molar-refractivity contribution in [2.24, 2.45) is 5.92 Å². The number of amides is 1. The van der Waals surface area contributed by atoms with Gasteiger partial charge in [0.05, 0.1) is 5.92 Å². The third-order valence-electron chi connectivity index (χ3n) is 3.27. The van der Waals surface area contributed by atoms with Crippen LogP contribution >= 0.6 is 0 Å². The number of hydrogen-bond donors (Lipinski definition) is 2. The predicted octanol–water partition coefficient (Wildman–Crippen LogP) is 2.58. The Morgan fingerprint density at radius 3 is 2.80 bits per heavy atom. The molecular formula is C16H22N2O2. The zero-order chi connectivity index (χ0) is 14.4. The number of nitrogens with one attached hydrogen (secondary N) is 2. The Balaban J connectivity index is 1.86. The number of ether oxygens (including phenoxy) is 1. The Kier molecular flexibility index (Phi) is 5.18. The molecule has 4 nitrogen and oxygen atoms in total. The van der Waals surface area contributed by atoms with Gasteiger partial charge in [0.2, 0.25) is 5.91 Å². The molecule has 1 unspecified atom stereocenters. The smallest absolute Gasteiger partial charge is 0.228 e. The van der Waals surface area contributed by atoms with E-state index in [0.29, 0.717) is 6.61 Å². The number of carbonyl (C=O) groups is 1. The van der Waals surface area contributed by atoms with Gasteiger partial charge in [-0.05, 0) is 56.1 Å². The molecule has 2 N–H and O–H groups in total. The van der Waals surface area contributed by atoms with Gasteiger partial charge in [-0.25, -0.2) is 0 Å². The third kappa shape index (κ3) is 4.38. The van der Waals surface area contributed by atoms with Gasteiger partial charge in [-0.2, -0.15) is 0 Å². The van der Waals surface area contributed by atoms with Gasteiger partial charge >= 0.3 is 0 Å². The molecule has 0 spiro atoms. The molecule has 1 heterocycles. The summed E-state index contributed by atoms with van der Waals surface area (Å²) in [6.45, 7) is 8.01. The van der Waals surface area contributed by atoms with E-state index in [9.17, 15) is 4.79 Å². The quantitative estimate of drug-likeness (QED) is 0.811. The van der Waals surface area contributed by atoms with Crippen LogP contribution in [0.2, 0.25) is 0 Å². The average molecular weight is 274 g/mol. The van der Waals surface area contributed by atoms with E-state index in [4.69, 9.17) is 4.74 Å². The normalized spacial score (nSPS) is 18.4. The molecule has 108 valence electrons. The van der Waals surface area contributed by atoms with Crippen LogP contribution in [0.4, 0.5) is 5.69 Å². The number of piperidine rings is 1. The Bertz CT molecular complexity index is 462. The van der Waals surface area contributed by atoms with Crippen LogP contribution in [0.3, 0.4) is 0 Å². The first-order chi connectivity index (χ1) is 9.65. The van der Waals surface area contributed by atoms with Crippen LogP contribution in [-0.2, 0) is 4.79 Å². The lowest BCUT2D eigenvalue weighted by molar-refractivity contribution is -0.120. The number of rotatable bonds is 5. The summed E-state index contributed by atoms with van der Waals surface area (Å²) >= 11 is 0. The van der Waals surface area contributed by atoms with Crippen LogP contribution in [0.5, 0.6) is 5.75 Å². The first-order valence-electron chi connectivity index (χ1n) is 7.04. The Morgan fingerprint density at radius 2 is 2.20 bits per heavy atom. The fraction of sp³-hybridized carbons (Fsp3) is 0.438. The molecule has 0 radical (unpaired) electrons. The van der Waals surface area contributed by atoms with Gasteiger partial charge in [-0.1, -0.05) is 6.58 Å². The van der Waals surface area contributed by atoms with E-state index in [2.05, 4.69) is 17.2 Å². The average Bonchev–Trinajstić information content (AvgIpc) is 2.47. The van der Waals surface area contributed by atoms with Crippen molar-refractivity contribution in [1.82, 2.24) is 5.32 Å². The third-order valence-corrected chi connectivity index (χ3v) is 3.27. The highest BCUT2D eigenvalue weighted by atomic mass is 16.5. The maximum Gasteiger partial charge on any atom is 0.228 e. The highest BCUT2D eigenvalue weighted by Crippen LogP contribution is 2.18. The Morgan fingerprint density at radius 1 is 1.45 bits per heavy atom. The predicted molar refractivity (Wildman–Crippen MR) is 81.0 cm³/mol. The van der Waals surface area contributed by atoms with Gasteiger partial charge in [0.25, 0.3) is 0 Å². The SMILES string of the molecule is C=C(C)COc1ccc(NC(=O)C2CCCNC2)cc1. The molecule has 20 heavy (non-hydrogen) atoms. The van der Waals surface area contributed by atoms with Gasteiger partial charge in [0, 0.05) is 12.2 Å². The second kappa shape index (κ2) is 7.10. The van der Waals surface area contributed by atoms with E-state index >= 15 is 0 Å². The number of hydrogen-bond acceptors (Lipinski definition) is 3. The second-order valence-corrected chi connectivity index (χ2v) is 5.30. The molecular weight excluding hydrogens is 252 g/mol. The zero-order valence-electron chi connectivity index (χ0n) is 11.9. The van der Waals surface area contributed by atoms with Crippen molar-refractivity contribution < 1.29 is 9.53 Å². The molecule has 0 aliphatic carbocycles. The standard InChI is InChI=1S/C16H22N2O2/c1-12(2)11-20-15-7-5-14(6-8-15)18-16(19)13-4-3-9-17-10-13/h5-8,13,17H,1,3-4,9-11H2,2H3,(H,18,19). The summed E-state index contributed by atoms with van der Waals surface area (Å²) in [5, 5.41) is 6.20. The van der Waals surface area contributed by atoms with E-state index in [-0.39, 0.29) is 11.8 Å². The van der Waals surface area contributed by atoms with Crippen molar-refractivity contribution >= 4 is 11.6 Å². The molecule has 2 rings (SSSR count). The van der Waals surface area contributed by atoms with E-state index in [1.54, 1.807) is 0 Å². The molecule has 1 aromatic rings. The molecule has 0 bridgehead atoms. The van der Waals surface area contributed by atoms with Crippen LogP contribution in [0.15, 0.2) is 36.4 Å². The number of benzene rings is 1. The summed E-state index contributed by atoms with van der Waals surface area (Å²) < 4.78 is 5.52. The molecule has 1 saturated heterocycles. The van der Waals surface area contributed by atoms with Crippen LogP contribution in [0.1, 0.15) is 19.8 Å². The minimum Gasteiger partial charge on any atom is -0.489 e. The van der Waals surface area contributed by atoms with Crippen molar-refractivity contribution in [3.05, 3.63) is 36.4 Å². The molecule has 1 amide bonds. The lowest BCUT2D eigenvalue weighted by Gasteiger charge is -2.21. The number of anilines is 1. The van der Waals surface area contributed by atoms with E-state index in [1.165, 1.54) is 0 Å². The van der Waals surface area contributed by atoms with E-state index in [0.717, 1.165) is 42.9 Å². The molecule has 1 fully saturated rings. The van der Waals surface area contributed by atoms with Crippen LogP contribution in [-0.4, -0.2) is 25.6 Å². The lowest BCUT2D eigenvalue weighted by Crippen LogP contribution is -2.37. The molecule has 1 atom stereocenters.